The zero-order valence-corrected chi connectivity index (χ0v) is 12.1. The molecule has 18 heavy (non-hydrogen) atoms. The van der Waals surface area contributed by atoms with Gasteiger partial charge in [-0.2, -0.15) is 39.5 Å². The van der Waals surface area contributed by atoms with Gasteiger partial charge in [0, 0.05) is 0 Å². The van der Waals surface area contributed by atoms with Crippen LogP contribution in [0.4, 0.5) is 39.5 Å². The van der Waals surface area contributed by atoms with Crippen LogP contribution in [-0.4, -0.2) is 31.7 Å². The molecule has 0 aromatic carbocycles. The van der Waals surface area contributed by atoms with E-state index in [1.54, 1.807) is 0 Å². The summed E-state index contributed by atoms with van der Waals surface area (Å²) in [6.07, 6.45) is -7.11. The van der Waals surface area contributed by atoms with E-state index in [0.29, 0.717) is 0 Å². The number of hydrogen-bond donors (Lipinski definition) is 0. The molecule has 0 saturated heterocycles. The fourth-order valence-electron chi connectivity index (χ4n) is 0.530. The number of rotatable bonds is 3. The van der Waals surface area contributed by atoms with Crippen molar-refractivity contribution >= 4 is 10.0 Å². The molecular formula is C4HF9KNO2S. The molecule has 0 saturated carbocycles. The Morgan fingerprint density at radius 1 is 0.722 bits per heavy atom. The minimum Gasteiger partial charge on any atom is -0.559 e. The molecule has 0 rings (SSSR count). The molecule has 0 aromatic rings. The molecule has 104 valence electrons. The van der Waals surface area contributed by atoms with Gasteiger partial charge in [0.1, 0.15) is 10.0 Å². The molecule has 0 aliphatic heterocycles. The Morgan fingerprint density at radius 2 is 1.00 bits per heavy atom. The first-order valence-electron chi connectivity index (χ1n) is 3.19. The summed E-state index contributed by atoms with van der Waals surface area (Å²) in [7, 11) is -6.92. The number of hydrogen-bond acceptors (Lipinski definition) is 2. The second-order valence-electron chi connectivity index (χ2n) is 2.67. The van der Waals surface area contributed by atoms with Crippen LogP contribution >= 0.6 is 0 Å². The van der Waals surface area contributed by atoms with Gasteiger partial charge in [0.2, 0.25) is 0 Å². The van der Waals surface area contributed by atoms with E-state index in [1.165, 1.54) is 0 Å². The average Bonchev–Trinajstić information content (AvgIpc) is 1.98. The number of alkyl halides is 9. The van der Waals surface area contributed by atoms with Crippen molar-refractivity contribution in [2.75, 3.05) is 0 Å². The Balaban J connectivity index is 0. The zero-order valence-electron chi connectivity index (χ0n) is 8.13. The number of nitrogens with one attached hydrogen (secondary N) is 1. The first-order valence-corrected chi connectivity index (χ1v) is 4.68. The Morgan fingerprint density at radius 3 is 1.17 bits per heavy atom. The summed E-state index contributed by atoms with van der Waals surface area (Å²) in [5, 5.41) is -1.37. The summed E-state index contributed by atoms with van der Waals surface area (Å²) in [4.78, 5) is 0. The Bertz CT molecular complexity index is 401. The van der Waals surface area contributed by atoms with Gasteiger partial charge in [0.15, 0.2) is 0 Å². The standard InChI is InChI=1S/C4HF9NO2S.K/c5-1(6,3(9,10)11)2(7,8)4(12,13)17(14,15)16;/h(H-,14,15,16);/q-1;+1. The molecule has 1 N–H and O–H groups in total. The van der Waals surface area contributed by atoms with Crippen molar-refractivity contribution in [3.63, 3.8) is 0 Å². The Kier molecular flexibility index (Phi) is 6.32. The van der Waals surface area contributed by atoms with Crippen LogP contribution in [0.25, 0.3) is 5.14 Å². The minimum absolute atomic E-state index is 0. The zero-order chi connectivity index (χ0) is 14.5. The van der Waals surface area contributed by atoms with E-state index in [4.69, 9.17) is 5.14 Å². The predicted octanol–water partition coefficient (Wildman–Crippen LogP) is -0.202. The molecular weight excluding hydrogens is 336 g/mol. The fourth-order valence-corrected chi connectivity index (χ4v) is 0.995. The van der Waals surface area contributed by atoms with E-state index in [9.17, 15) is 47.9 Å². The third-order valence-electron chi connectivity index (χ3n) is 1.45. The Hall–Kier alpha value is 0.916. The second kappa shape index (κ2) is 5.36. The molecule has 0 heterocycles. The molecule has 0 aliphatic rings. The van der Waals surface area contributed by atoms with E-state index in [2.05, 4.69) is 0 Å². The molecule has 0 fully saturated rings. The van der Waals surface area contributed by atoms with Crippen molar-refractivity contribution in [3.8, 4) is 0 Å². The van der Waals surface area contributed by atoms with Crippen molar-refractivity contribution < 1.29 is 99.3 Å². The molecule has 0 radical (unpaired) electrons. The normalized spacial score (nSPS) is 15.2. The van der Waals surface area contributed by atoms with E-state index >= 15 is 0 Å². The summed E-state index contributed by atoms with van der Waals surface area (Å²) < 4.78 is 127. The molecule has 3 nitrogen and oxygen atoms in total. The third-order valence-corrected chi connectivity index (χ3v) is 2.38. The Labute approximate surface area is 136 Å². The van der Waals surface area contributed by atoms with E-state index in [-0.39, 0.29) is 51.4 Å². The third kappa shape index (κ3) is 3.14. The topological polar surface area (TPSA) is 57.9 Å². The summed E-state index contributed by atoms with van der Waals surface area (Å²) in [6, 6.07) is 0. The van der Waals surface area contributed by atoms with Gasteiger partial charge in [0.05, 0.1) is 0 Å². The van der Waals surface area contributed by atoms with Crippen LogP contribution in [-0.2, 0) is 10.0 Å². The van der Waals surface area contributed by atoms with Gasteiger partial charge in [-0.1, -0.05) is 0 Å². The maximum Gasteiger partial charge on any atom is 1.00 e. The smallest absolute Gasteiger partial charge is 0.559 e. The molecule has 0 bridgehead atoms. The van der Waals surface area contributed by atoms with Crippen LogP contribution in [0, 0.1) is 0 Å². The van der Waals surface area contributed by atoms with Gasteiger partial charge < -0.3 is 5.14 Å². The van der Waals surface area contributed by atoms with Crippen molar-refractivity contribution in [1.82, 2.24) is 0 Å². The first kappa shape index (κ1) is 21.2. The summed E-state index contributed by atoms with van der Waals surface area (Å²) in [5.74, 6) is -14.6. The quantitative estimate of drug-likeness (QED) is 0.529. The van der Waals surface area contributed by atoms with Crippen molar-refractivity contribution in [3.05, 3.63) is 5.14 Å². The summed E-state index contributed by atoms with van der Waals surface area (Å²) in [5.41, 5.74) is 0. The number of sulfonamides is 1. The summed E-state index contributed by atoms with van der Waals surface area (Å²) in [6.45, 7) is 0. The average molecular weight is 337 g/mol. The predicted molar refractivity (Wildman–Crippen MR) is 34.1 cm³/mol. The van der Waals surface area contributed by atoms with Gasteiger partial charge in [0.25, 0.3) is 0 Å². The van der Waals surface area contributed by atoms with Crippen LogP contribution in [0.5, 0.6) is 0 Å². The monoisotopic (exact) mass is 337 g/mol. The van der Waals surface area contributed by atoms with Crippen LogP contribution in [0.3, 0.4) is 0 Å². The van der Waals surface area contributed by atoms with Crippen LogP contribution in [0.2, 0.25) is 0 Å². The van der Waals surface area contributed by atoms with E-state index in [1.807, 2.05) is 0 Å². The van der Waals surface area contributed by atoms with Crippen molar-refractivity contribution in [1.29, 1.82) is 0 Å². The largest absolute Gasteiger partial charge is 1.00 e. The number of halogens is 9. The molecule has 14 heteroatoms. The molecule has 0 atom stereocenters. The molecule has 0 aliphatic carbocycles. The van der Waals surface area contributed by atoms with E-state index in [0.717, 1.165) is 0 Å². The van der Waals surface area contributed by atoms with Crippen LogP contribution in [0.15, 0.2) is 0 Å². The molecule has 0 unspecified atom stereocenters. The van der Waals surface area contributed by atoms with Crippen molar-refractivity contribution in [2.45, 2.75) is 23.3 Å². The minimum atomic E-state index is -7.31. The van der Waals surface area contributed by atoms with Crippen LogP contribution < -0.4 is 51.4 Å². The second-order valence-corrected chi connectivity index (χ2v) is 4.19. The SMILES string of the molecule is [K+].[NH-]S(=O)(=O)C(F)(F)C(F)(F)C(F)(F)C(F)(F)F. The maximum atomic E-state index is 12.3. The molecule has 0 amide bonds. The van der Waals surface area contributed by atoms with Crippen LogP contribution in [0.1, 0.15) is 0 Å². The van der Waals surface area contributed by atoms with Gasteiger partial charge >= 0.3 is 74.7 Å². The van der Waals surface area contributed by atoms with Crippen molar-refractivity contribution in [2.24, 2.45) is 0 Å². The van der Waals surface area contributed by atoms with Gasteiger partial charge in [-0.05, 0) is 0 Å². The molecule has 0 spiro atoms. The fraction of sp³-hybridized carbons (Fsp3) is 1.00. The summed E-state index contributed by atoms with van der Waals surface area (Å²) >= 11 is 0. The van der Waals surface area contributed by atoms with Gasteiger partial charge in [-0.3, -0.25) is 0 Å². The maximum absolute atomic E-state index is 12.3. The van der Waals surface area contributed by atoms with Gasteiger partial charge in [-0.15, -0.1) is 0 Å². The van der Waals surface area contributed by atoms with E-state index < -0.39 is 33.3 Å². The van der Waals surface area contributed by atoms with Gasteiger partial charge in [-0.25, -0.2) is 8.42 Å². The molecule has 0 aromatic heterocycles. The first-order chi connectivity index (χ1) is 7.00.